The second kappa shape index (κ2) is 5.32. The molecule has 0 saturated heterocycles. The van der Waals surface area contributed by atoms with Crippen molar-refractivity contribution in [3.05, 3.63) is 48.0 Å². The van der Waals surface area contributed by atoms with Crippen molar-refractivity contribution in [2.45, 2.75) is 6.92 Å². The van der Waals surface area contributed by atoms with E-state index in [0.717, 1.165) is 11.1 Å². The summed E-state index contributed by atoms with van der Waals surface area (Å²) in [6, 6.07) is 6.92. The maximum atomic E-state index is 12.8. The third-order valence-corrected chi connectivity index (χ3v) is 5.22. The van der Waals surface area contributed by atoms with Crippen LogP contribution >= 0.6 is 7.14 Å². The lowest BCUT2D eigenvalue weighted by atomic mass is 10.1. The molecule has 6 nitrogen and oxygen atoms in total. The van der Waals surface area contributed by atoms with Crippen LogP contribution in [0.2, 0.25) is 0 Å². The van der Waals surface area contributed by atoms with Crippen molar-refractivity contribution < 1.29 is 14.5 Å². The van der Waals surface area contributed by atoms with E-state index in [-0.39, 0.29) is 5.56 Å². The van der Waals surface area contributed by atoms with Gasteiger partial charge in [-0.1, -0.05) is 6.07 Å². The summed E-state index contributed by atoms with van der Waals surface area (Å²) in [5.41, 5.74) is 1.59. The summed E-state index contributed by atoms with van der Waals surface area (Å²) in [5.74, 6) is -0.469. The fraction of sp³-hybridized carbons (Fsp3) is 0.188. The summed E-state index contributed by atoms with van der Waals surface area (Å²) < 4.78 is 14.7. The molecule has 0 bridgehead atoms. The van der Waals surface area contributed by atoms with E-state index < -0.39 is 13.1 Å². The molecule has 0 radical (unpaired) electrons. The van der Waals surface area contributed by atoms with Crippen LogP contribution in [0.5, 0.6) is 0 Å². The van der Waals surface area contributed by atoms with E-state index in [1.165, 1.54) is 12.4 Å². The number of aromatic carboxylic acids is 1. The first-order valence-electron chi connectivity index (χ1n) is 7.01. The lowest BCUT2D eigenvalue weighted by Crippen LogP contribution is -2.19. The molecule has 2 heterocycles. The number of carboxylic acids is 1. The second-order valence-electron chi connectivity index (χ2n) is 5.74. The van der Waals surface area contributed by atoms with Gasteiger partial charge in [0, 0.05) is 17.3 Å². The zero-order valence-electron chi connectivity index (χ0n) is 13.0. The molecule has 1 N–H and O–H groups in total. The maximum absolute atomic E-state index is 12.8. The van der Waals surface area contributed by atoms with Gasteiger partial charge in [0.2, 0.25) is 0 Å². The van der Waals surface area contributed by atoms with Gasteiger partial charge >= 0.3 is 5.97 Å². The number of carbonyl (C=O) groups is 1. The quantitative estimate of drug-likeness (QED) is 0.747. The molecule has 3 aromatic rings. The lowest BCUT2D eigenvalue weighted by Gasteiger charge is -2.16. The molecule has 0 spiro atoms. The maximum Gasteiger partial charge on any atom is 0.336 e. The number of carboxylic acid groups (broad SMARTS) is 1. The standard InChI is InChI=1S/C16H16N3O3P/c1-10-8-11-4-5-12(16(20)21)15(23(2,3)22)14(11)19(10)13-6-7-17-9-18-13/h4-9H,1-3H3,(H,20,21). The van der Waals surface area contributed by atoms with Crippen molar-refractivity contribution in [1.82, 2.24) is 14.5 Å². The Balaban J connectivity index is 2.52. The zero-order valence-corrected chi connectivity index (χ0v) is 13.9. The number of rotatable bonds is 3. The van der Waals surface area contributed by atoms with Gasteiger partial charge in [-0.15, -0.1) is 0 Å². The minimum atomic E-state index is -2.83. The Morgan fingerprint density at radius 1 is 1.26 bits per heavy atom. The molecule has 118 valence electrons. The summed E-state index contributed by atoms with van der Waals surface area (Å²) in [6.45, 7) is 5.07. The molecule has 0 amide bonds. The van der Waals surface area contributed by atoms with Gasteiger partial charge in [-0.3, -0.25) is 4.57 Å². The van der Waals surface area contributed by atoms with Gasteiger partial charge < -0.3 is 9.67 Å². The predicted octanol–water partition coefficient (Wildman–Crippen LogP) is 2.68. The normalized spacial score (nSPS) is 11.8. The first kappa shape index (κ1) is 15.4. The number of fused-ring (bicyclic) bond motifs is 1. The van der Waals surface area contributed by atoms with Crippen molar-refractivity contribution in [1.29, 1.82) is 0 Å². The summed E-state index contributed by atoms with van der Waals surface area (Å²) in [4.78, 5) is 19.8. The van der Waals surface area contributed by atoms with Gasteiger partial charge in [0.25, 0.3) is 0 Å². The smallest absolute Gasteiger partial charge is 0.336 e. The first-order chi connectivity index (χ1) is 10.8. The molecule has 1 aromatic carbocycles. The molecule has 0 aliphatic carbocycles. The zero-order chi connectivity index (χ0) is 16.8. The molecule has 0 saturated carbocycles. The Labute approximate surface area is 133 Å². The Morgan fingerprint density at radius 2 is 2.00 bits per heavy atom. The number of nitrogens with zero attached hydrogens (tertiary/aromatic N) is 3. The molecule has 0 atom stereocenters. The molecule has 23 heavy (non-hydrogen) atoms. The largest absolute Gasteiger partial charge is 0.478 e. The first-order valence-corrected chi connectivity index (χ1v) is 9.61. The molecule has 0 aliphatic heterocycles. The minimum absolute atomic E-state index is 0.0687. The number of hydrogen-bond donors (Lipinski definition) is 1. The van der Waals surface area contributed by atoms with Crippen molar-refractivity contribution >= 4 is 29.3 Å². The van der Waals surface area contributed by atoms with Crippen LogP contribution in [0.15, 0.2) is 36.8 Å². The van der Waals surface area contributed by atoms with Crippen molar-refractivity contribution in [3.8, 4) is 5.82 Å². The fourth-order valence-electron chi connectivity index (χ4n) is 2.84. The topological polar surface area (TPSA) is 85.1 Å². The van der Waals surface area contributed by atoms with Gasteiger partial charge in [0.05, 0.1) is 16.4 Å². The van der Waals surface area contributed by atoms with Crippen LogP contribution in [0.1, 0.15) is 16.1 Å². The van der Waals surface area contributed by atoms with Crippen molar-refractivity contribution in [2.24, 2.45) is 0 Å². The summed E-state index contributed by atoms with van der Waals surface area (Å²) in [5, 5.41) is 10.7. The molecule has 0 unspecified atom stereocenters. The molecule has 0 fully saturated rings. The third-order valence-electron chi connectivity index (χ3n) is 3.69. The minimum Gasteiger partial charge on any atom is -0.478 e. The number of benzene rings is 1. The average Bonchev–Trinajstić information content (AvgIpc) is 2.81. The van der Waals surface area contributed by atoms with Crippen LogP contribution < -0.4 is 5.30 Å². The van der Waals surface area contributed by atoms with E-state index >= 15 is 0 Å². The van der Waals surface area contributed by atoms with Crippen LogP contribution in [0.3, 0.4) is 0 Å². The van der Waals surface area contributed by atoms with Gasteiger partial charge in [0.1, 0.15) is 19.3 Å². The number of aromatic nitrogens is 3. The predicted molar refractivity (Wildman–Crippen MR) is 89.6 cm³/mol. The van der Waals surface area contributed by atoms with Crippen LogP contribution in [0.4, 0.5) is 0 Å². The van der Waals surface area contributed by atoms with E-state index in [1.807, 2.05) is 17.6 Å². The Morgan fingerprint density at radius 3 is 2.57 bits per heavy atom. The monoisotopic (exact) mass is 329 g/mol. The van der Waals surface area contributed by atoms with Crippen LogP contribution in [-0.2, 0) is 4.57 Å². The highest BCUT2D eigenvalue weighted by molar-refractivity contribution is 7.70. The SMILES string of the molecule is Cc1cc2ccc(C(=O)O)c(P(C)(C)=O)c2n1-c1ccncn1. The molecule has 0 aliphatic rings. The summed E-state index contributed by atoms with van der Waals surface area (Å²) in [6.07, 6.45) is 3.05. The van der Waals surface area contributed by atoms with Crippen LogP contribution in [-0.4, -0.2) is 38.9 Å². The molecular formula is C16H16N3O3P. The highest BCUT2D eigenvalue weighted by Gasteiger charge is 2.26. The highest BCUT2D eigenvalue weighted by atomic mass is 31.2. The second-order valence-corrected chi connectivity index (χ2v) is 8.89. The third kappa shape index (κ3) is 2.55. The molecule has 2 aromatic heterocycles. The number of hydrogen-bond acceptors (Lipinski definition) is 4. The molecule has 7 heteroatoms. The van der Waals surface area contributed by atoms with Gasteiger partial charge in [-0.05, 0) is 38.5 Å². The van der Waals surface area contributed by atoms with Crippen LogP contribution in [0.25, 0.3) is 16.7 Å². The Kier molecular flexibility index (Phi) is 3.57. The average molecular weight is 329 g/mol. The van der Waals surface area contributed by atoms with E-state index in [4.69, 9.17) is 0 Å². The fourth-order valence-corrected chi connectivity index (χ4v) is 4.33. The van der Waals surface area contributed by atoms with E-state index in [2.05, 4.69) is 9.97 Å². The lowest BCUT2D eigenvalue weighted by molar-refractivity contribution is 0.0698. The van der Waals surface area contributed by atoms with Gasteiger partial charge in [0.15, 0.2) is 0 Å². The van der Waals surface area contributed by atoms with E-state index in [1.54, 1.807) is 31.7 Å². The summed E-state index contributed by atoms with van der Waals surface area (Å²) >= 11 is 0. The molecule has 3 rings (SSSR count). The van der Waals surface area contributed by atoms with E-state index in [0.29, 0.717) is 16.6 Å². The van der Waals surface area contributed by atoms with Gasteiger partial charge in [-0.2, -0.15) is 0 Å². The van der Waals surface area contributed by atoms with Crippen molar-refractivity contribution in [3.63, 3.8) is 0 Å². The highest BCUT2D eigenvalue weighted by Crippen LogP contribution is 2.40. The Hall–Kier alpha value is -2.46. The van der Waals surface area contributed by atoms with Crippen molar-refractivity contribution in [2.75, 3.05) is 13.3 Å². The van der Waals surface area contributed by atoms with Crippen LogP contribution in [0, 0.1) is 6.92 Å². The van der Waals surface area contributed by atoms with E-state index in [9.17, 15) is 14.5 Å². The van der Waals surface area contributed by atoms with Gasteiger partial charge in [-0.25, -0.2) is 14.8 Å². The number of aryl methyl sites for hydroxylation is 1. The molecular weight excluding hydrogens is 313 g/mol. The summed E-state index contributed by atoms with van der Waals surface area (Å²) in [7, 11) is -2.83. The Bertz CT molecular complexity index is 958.